The van der Waals surface area contributed by atoms with Gasteiger partial charge in [0.2, 0.25) is 0 Å². The minimum Gasteiger partial charge on any atom is -0.466 e. The number of carbonyl (C=O) groups excluding carboxylic acids is 1. The van der Waals surface area contributed by atoms with Gasteiger partial charge >= 0.3 is 5.97 Å². The van der Waals surface area contributed by atoms with E-state index in [0.29, 0.717) is 5.69 Å². The maximum Gasteiger partial charge on any atom is 0.330 e. The highest BCUT2D eigenvalue weighted by molar-refractivity contribution is 5.86. The molecule has 1 rings (SSSR count). The van der Waals surface area contributed by atoms with Crippen LogP contribution in [0.1, 0.15) is 5.69 Å². The summed E-state index contributed by atoms with van der Waals surface area (Å²) in [6.07, 6.45) is 3.82. The number of carbonyl (C=O) groups is 1. The second-order valence-electron chi connectivity index (χ2n) is 2.43. The van der Waals surface area contributed by atoms with E-state index in [4.69, 9.17) is 0 Å². The molecule has 6 heteroatoms. The maximum atomic E-state index is 10.7. The number of nitrogens with one attached hydrogen (secondary N) is 1. The summed E-state index contributed by atoms with van der Waals surface area (Å²) in [5.41, 5.74) is 0.427. The third-order valence-electron chi connectivity index (χ3n) is 1.50. The lowest BCUT2D eigenvalue weighted by Crippen LogP contribution is -1.93. The fourth-order valence-electron chi connectivity index (χ4n) is 0.827. The molecule has 14 heavy (non-hydrogen) atoms. The Bertz CT molecular complexity index is 380. The Kier molecular flexibility index (Phi) is 3.01. The zero-order valence-electron chi connectivity index (χ0n) is 7.39. The van der Waals surface area contributed by atoms with Crippen molar-refractivity contribution in [1.29, 1.82) is 0 Å². The second-order valence-corrected chi connectivity index (χ2v) is 2.43. The number of H-pyrrole nitrogens is 1. The van der Waals surface area contributed by atoms with Crippen LogP contribution in [0.2, 0.25) is 0 Å². The first kappa shape index (κ1) is 9.97. The number of hydrogen-bond donors (Lipinski definition) is 1. The highest BCUT2D eigenvalue weighted by atomic mass is 16.6. The van der Waals surface area contributed by atoms with Crippen LogP contribution in [-0.2, 0) is 9.53 Å². The fourth-order valence-corrected chi connectivity index (χ4v) is 0.827. The topological polar surface area (TPSA) is 85.2 Å². The van der Waals surface area contributed by atoms with Gasteiger partial charge in [-0.3, -0.25) is 10.1 Å². The molecule has 0 bridgehead atoms. The molecule has 0 aliphatic carbocycles. The average Bonchev–Trinajstić information content (AvgIpc) is 2.62. The highest BCUT2D eigenvalue weighted by Gasteiger charge is 2.06. The van der Waals surface area contributed by atoms with Gasteiger partial charge in [0.05, 0.1) is 18.2 Å². The van der Waals surface area contributed by atoms with Gasteiger partial charge in [-0.05, 0) is 6.08 Å². The van der Waals surface area contributed by atoms with E-state index < -0.39 is 10.9 Å². The van der Waals surface area contributed by atoms with Gasteiger partial charge in [0.25, 0.3) is 5.69 Å². The Morgan fingerprint density at radius 1 is 1.71 bits per heavy atom. The van der Waals surface area contributed by atoms with Crippen LogP contribution in [0.25, 0.3) is 6.08 Å². The zero-order valence-corrected chi connectivity index (χ0v) is 7.39. The van der Waals surface area contributed by atoms with Crippen molar-refractivity contribution >= 4 is 17.7 Å². The van der Waals surface area contributed by atoms with Crippen LogP contribution in [0.15, 0.2) is 18.3 Å². The van der Waals surface area contributed by atoms with Crippen LogP contribution >= 0.6 is 0 Å². The molecule has 0 aliphatic heterocycles. The summed E-state index contributed by atoms with van der Waals surface area (Å²) >= 11 is 0. The lowest BCUT2D eigenvalue weighted by molar-refractivity contribution is -0.384. The van der Waals surface area contributed by atoms with Crippen LogP contribution in [0.3, 0.4) is 0 Å². The third kappa shape index (κ3) is 2.44. The number of aromatic nitrogens is 1. The van der Waals surface area contributed by atoms with Gasteiger partial charge in [0.1, 0.15) is 0 Å². The molecule has 1 N–H and O–H groups in total. The predicted octanol–water partition coefficient (Wildman–Crippen LogP) is 1.11. The fraction of sp³-hybridized carbons (Fsp3) is 0.125. The predicted molar refractivity (Wildman–Crippen MR) is 48.5 cm³/mol. The molecule has 0 fully saturated rings. The molecule has 0 radical (unpaired) electrons. The standard InChI is InChI=1S/C8H8N2O4/c1-14-8(11)3-2-6-4-7(5-9-6)10(12)13/h2-5,9H,1H3. The van der Waals surface area contributed by atoms with Crippen molar-refractivity contribution in [2.24, 2.45) is 0 Å². The van der Waals surface area contributed by atoms with Crippen LogP contribution < -0.4 is 0 Å². The molecule has 1 heterocycles. The Labute approximate surface area is 79.3 Å². The first-order chi connectivity index (χ1) is 6.63. The summed E-state index contributed by atoms with van der Waals surface area (Å²) in [4.78, 5) is 23.1. The van der Waals surface area contributed by atoms with E-state index >= 15 is 0 Å². The van der Waals surface area contributed by atoms with E-state index in [-0.39, 0.29) is 5.69 Å². The quantitative estimate of drug-likeness (QED) is 0.339. The molecule has 6 nitrogen and oxygen atoms in total. The monoisotopic (exact) mass is 196 g/mol. The third-order valence-corrected chi connectivity index (χ3v) is 1.50. The van der Waals surface area contributed by atoms with Gasteiger partial charge in [-0.25, -0.2) is 4.79 Å². The van der Waals surface area contributed by atoms with E-state index in [1.54, 1.807) is 0 Å². The van der Waals surface area contributed by atoms with Crippen LogP contribution in [0.5, 0.6) is 0 Å². The summed E-state index contributed by atoms with van der Waals surface area (Å²) in [5, 5.41) is 10.3. The summed E-state index contributed by atoms with van der Waals surface area (Å²) < 4.78 is 4.35. The van der Waals surface area contributed by atoms with Crippen molar-refractivity contribution in [3.05, 3.63) is 34.1 Å². The van der Waals surface area contributed by atoms with Crippen molar-refractivity contribution in [3.8, 4) is 0 Å². The number of esters is 1. The first-order valence-corrected chi connectivity index (χ1v) is 3.72. The minimum absolute atomic E-state index is 0.0467. The van der Waals surface area contributed by atoms with E-state index in [1.807, 2.05) is 0 Å². The Balaban J connectivity index is 2.73. The molecule has 1 aromatic heterocycles. The lowest BCUT2D eigenvalue weighted by atomic mass is 10.3. The molecule has 0 saturated carbocycles. The molecule has 0 spiro atoms. The number of nitro groups is 1. The summed E-state index contributed by atoms with van der Waals surface area (Å²) in [5.74, 6) is -0.512. The van der Waals surface area contributed by atoms with Crippen molar-refractivity contribution in [2.45, 2.75) is 0 Å². The van der Waals surface area contributed by atoms with Crippen molar-refractivity contribution in [1.82, 2.24) is 4.98 Å². The molecule has 0 amide bonds. The van der Waals surface area contributed by atoms with Crippen molar-refractivity contribution in [2.75, 3.05) is 7.11 Å². The van der Waals surface area contributed by atoms with Gasteiger partial charge in [0.15, 0.2) is 0 Å². The van der Waals surface area contributed by atoms with E-state index in [2.05, 4.69) is 9.72 Å². The highest BCUT2D eigenvalue weighted by Crippen LogP contribution is 2.12. The van der Waals surface area contributed by atoms with Gasteiger partial charge in [-0.2, -0.15) is 0 Å². The zero-order chi connectivity index (χ0) is 10.6. The number of rotatable bonds is 3. The molecule has 0 saturated heterocycles. The van der Waals surface area contributed by atoms with Gasteiger partial charge in [0, 0.05) is 17.8 Å². The van der Waals surface area contributed by atoms with Crippen LogP contribution in [0, 0.1) is 10.1 Å². The number of nitrogens with zero attached hydrogens (tertiary/aromatic N) is 1. The minimum atomic E-state index is -0.522. The number of ether oxygens (including phenoxy) is 1. The smallest absolute Gasteiger partial charge is 0.330 e. The number of aromatic amines is 1. The summed E-state index contributed by atoms with van der Waals surface area (Å²) in [6, 6.07) is 1.32. The number of hydrogen-bond acceptors (Lipinski definition) is 4. The Morgan fingerprint density at radius 3 is 2.93 bits per heavy atom. The molecule has 0 atom stereocenters. The molecule has 74 valence electrons. The summed E-state index contributed by atoms with van der Waals surface area (Å²) in [7, 11) is 1.25. The van der Waals surface area contributed by atoms with Crippen molar-refractivity contribution in [3.63, 3.8) is 0 Å². The SMILES string of the molecule is COC(=O)C=Cc1cc([N+](=O)[O-])c[nH]1. The van der Waals surface area contributed by atoms with Gasteiger partial charge in [-0.1, -0.05) is 0 Å². The lowest BCUT2D eigenvalue weighted by Gasteiger charge is -1.87. The molecular weight excluding hydrogens is 188 g/mol. The number of methoxy groups -OCH3 is 1. The average molecular weight is 196 g/mol. The molecular formula is C8H8N2O4. The Hall–Kier alpha value is -2.11. The Morgan fingerprint density at radius 2 is 2.43 bits per heavy atom. The van der Waals surface area contributed by atoms with Crippen LogP contribution in [0.4, 0.5) is 5.69 Å². The van der Waals surface area contributed by atoms with Gasteiger partial charge in [-0.15, -0.1) is 0 Å². The largest absolute Gasteiger partial charge is 0.466 e. The van der Waals surface area contributed by atoms with Crippen molar-refractivity contribution < 1.29 is 14.5 Å². The first-order valence-electron chi connectivity index (χ1n) is 3.72. The van der Waals surface area contributed by atoms with Crippen LogP contribution in [-0.4, -0.2) is 23.0 Å². The maximum absolute atomic E-state index is 10.7. The molecule has 1 aromatic rings. The van der Waals surface area contributed by atoms with E-state index in [1.165, 1.54) is 31.5 Å². The summed E-state index contributed by atoms with van der Waals surface area (Å²) in [6.45, 7) is 0. The second kappa shape index (κ2) is 4.22. The van der Waals surface area contributed by atoms with E-state index in [9.17, 15) is 14.9 Å². The molecule has 0 aliphatic rings. The molecule has 0 unspecified atom stereocenters. The van der Waals surface area contributed by atoms with Gasteiger partial charge < -0.3 is 9.72 Å². The normalized spacial score (nSPS) is 10.4. The van der Waals surface area contributed by atoms with E-state index in [0.717, 1.165) is 0 Å². The molecule has 0 aromatic carbocycles.